The minimum Gasteiger partial charge on any atom is -0.446 e. The van der Waals surface area contributed by atoms with Gasteiger partial charge in [-0.2, -0.15) is 0 Å². The van der Waals surface area contributed by atoms with E-state index in [1.54, 1.807) is 10.8 Å². The van der Waals surface area contributed by atoms with Crippen LogP contribution in [0.25, 0.3) is 10.9 Å². The third kappa shape index (κ3) is 2.97. The standard InChI is InChI=1S/C20H17N3O2/c21-16(12-14-6-2-1-3-7-14)19-22-17(13-25-19)20(24)23-11-10-15-8-4-5-9-18(15)23/h1-11,13,16H,12,21H2. The highest BCUT2D eigenvalue weighted by molar-refractivity contribution is 6.00. The zero-order valence-electron chi connectivity index (χ0n) is 13.5. The summed E-state index contributed by atoms with van der Waals surface area (Å²) in [6.45, 7) is 0. The van der Waals surface area contributed by atoms with Crippen molar-refractivity contribution in [3.8, 4) is 0 Å². The Kier molecular flexibility index (Phi) is 3.91. The molecular weight excluding hydrogens is 314 g/mol. The van der Waals surface area contributed by atoms with E-state index in [0.717, 1.165) is 16.5 Å². The van der Waals surface area contributed by atoms with Crippen LogP contribution in [0.2, 0.25) is 0 Å². The Bertz CT molecular complexity index is 1020. The molecule has 1 unspecified atom stereocenters. The van der Waals surface area contributed by atoms with Crippen LogP contribution in [0.15, 0.2) is 77.5 Å². The fraction of sp³-hybridized carbons (Fsp3) is 0.100. The highest BCUT2D eigenvalue weighted by Gasteiger charge is 2.19. The number of carbonyl (C=O) groups is 1. The molecule has 2 aromatic carbocycles. The Balaban J connectivity index is 1.57. The number of aromatic nitrogens is 2. The molecule has 4 aromatic rings. The quantitative estimate of drug-likeness (QED) is 0.620. The maximum atomic E-state index is 12.7. The molecule has 0 fully saturated rings. The largest absolute Gasteiger partial charge is 0.446 e. The van der Waals surface area contributed by atoms with Gasteiger partial charge in [0.05, 0.1) is 11.6 Å². The minimum absolute atomic E-state index is 0.233. The summed E-state index contributed by atoms with van der Waals surface area (Å²) in [7, 11) is 0. The van der Waals surface area contributed by atoms with Crippen LogP contribution < -0.4 is 5.73 Å². The molecule has 0 radical (unpaired) electrons. The fourth-order valence-corrected chi connectivity index (χ4v) is 2.89. The van der Waals surface area contributed by atoms with E-state index in [1.165, 1.54) is 6.26 Å². The lowest BCUT2D eigenvalue weighted by Gasteiger charge is -2.07. The first kappa shape index (κ1) is 15.4. The SMILES string of the molecule is NC(Cc1ccccc1)c1nc(C(=O)n2ccc3ccccc32)co1. The average Bonchev–Trinajstić information content (AvgIpc) is 3.29. The first-order chi connectivity index (χ1) is 12.2. The second-order valence-corrected chi connectivity index (χ2v) is 5.92. The first-order valence-corrected chi connectivity index (χ1v) is 8.08. The molecule has 1 atom stereocenters. The molecule has 0 aliphatic heterocycles. The molecular formula is C20H17N3O2. The summed E-state index contributed by atoms with van der Waals surface area (Å²) in [6, 6.07) is 19.1. The smallest absolute Gasteiger partial charge is 0.284 e. The van der Waals surface area contributed by atoms with Gasteiger partial charge in [-0.3, -0.25) is 9.36 Å². The molecule has 0 amide bonds. The Morgan fingerprint density at radius 3 is 2.68 bits per heavy atom. The predicted octanol–water partition coefficient (Wildman–Crippen LogP) is 3.56. The van der Waals surface area contributed by atoms with Crippen molar-refractivity contribution in [2.24, 2.45) is 5.73 Å². The van der Waals surface area contributed by atoms with Crippen LogP contribution in [-0.2, 0) is 6.42 Å². The summed E-state index contributed by atoms with van der Waals surface area (Å²) in [5.41, 5.74) is 8.36. The van der Waals surface area contributed by atoms with Crippen LogP contribution >= 0.6 is 0 Å². The van der Waals surface area contributed by atoms with Crippen LogP contribution in [0.5, 0.6) is 0 Å². The van der Waals surface area contributed by atoms with E-state index in [1.807, 2.05) is 60.7 Å². The molecule has 25 heavy (non-hydrogen) atoms. The van der Waals surface area contributed by atoms with Gasteiger partial charge in [0.15, 0.2) is 5.69 Å². The van der Waals surface area contributed by atoms with Gasteiger partial charge in [0.1, 0.15) is 6.26 Å². The first-order valence-electron chi connectivity index (χ1n) is 8.08. The summed E-state index contributed by atoms with van der Waals surface area (Å²) >= 11 is 0. The monoisotopic (exact) mass is 331 g/mol. The number of fused-ring (bicyclic) bond motifs is 1. The molecule has 5 nitrogen and oxygen atoms in total. The summed E-state index contributed by atoms with van der Waals surface area (Å²) < 4.78 is 7.03. The van der Waals surface area contributed by atoms with Gasteiger partial charge < -0.3 is 10.2 Å². The van der Waals surface area contributed by atoms with E-state index in [0.29, 0.717) is 12.3 Å². The summed E-state index contributed by atoms with van der Waals surface area (Å²) in [5.74, 6) is 0.131. The highest BCUT2D eigenvalue weighted by atomic mass is 16.3. The van der Waals surface area contributed by atoms with E-state index in [2.05, 4.69) is 4.98 Å². The number of nitrogens with two attached hydrogens (primary N) is 1. The number of hydrogen-bond acceptors (Lipinski definition) is 4. The van der Waals surface area contributed by atoms with Crippen molar-refractivity contribution in [1.82, 2.24) is 9.55 Å². The number of benzene rings is 2. The van der Waals surface area contributed by atoms with E-state index in [4.69, 9.17) is 10.2 Å². The predicted molar refractivity (Wildman–Crippen MR) is 95.2 cm³/mol. The fourth-order valence-electron chi connectivity index (χ4n) is 2.89. The van der Waals surface area contributed by atoms with Crippen LogP contribution in [0.4, 0.5) is 0 Å². The molecule has 4 rings (SSSR count). The third-order valence-corrected chi connectivity index (χ3v) is 4.17. The van der Waals surface area contributed by atoms with Crippen LogP contribution in [0.1, 0.15) is 28.0 Å². The topological polar surface area (TPSA) is 74.0 Å². The van der Waals surface area contributed by atoms with Gasteiger partial charge in [0.25, 0.3) is 5.91 Å². The average molecular weight is 331 g/mol. The van der Waals surface area contributed by atoms with Crippen molar-refractivity contribution < 1.29 is 9.21 Å². The van der Waals surface area contributed by atoms with Crippen LogP contribution in [0, 0.1) is 0 Å². The lowest BCUT2D eigenvalue weighted by Crippen LogP contribution is -2.15. The summed E-state index contributed by atoms with van der Waals surface area (Å²) in [5, 5.41) is 1.00. The second-order valence-electron chi connectivity index (χ2n) is 5.92. The van der Waals surface area contributed by atoms with Gasteiger partial charge in [0, 0.05) is 11.6 Å². The van der Waals surface area contributed by atoms with Gasteiger partial charge in [-0.25, -0.2) is 4.98 Å². The normalized spacial score (nSPS) is 12.4. The van der Waals surface area contributed by atoms with Crippen LogP contribution in [0.3, 0.4) is 0 Å². The van der Waals surface area contributed by atoms with Crippen molar-refractivity contribution in [2.75, 3.05) is 0 Å². The third-order valence-electron chi connectivity index (χ3n) is 4.17. The van der Waals surface area contributed by atoms with Gasteiger partial charge in [-0.05, 0) is 24.1 Å². The van der Waals surface area contributed by atoms with Crippen LogP contribution in [-0.4, -0.2) is 15.5 Å². The number of rotatable bonds is 4. The van der Waals surface area contributed by atoms with E-state index < -0.39 is 6.04 Å². The molecule has 5 heteroatoms. The van der Waals surface area contributed by atoms with Crippen molar-refractivity contribution in [2.45, 2.75) is 12.5 Å². The number of carbonyl (C=O) groups excluding carboxylic acids is 1. The molecule has 2 heterocycles. The zero-order valence-corrected chi connectivity index (χ0v) is 13.5. The molecule has 0 saturated heterocycles. The summed E-state index contributed by atoms with van der Waals surface area (Å²) in [4.78, 5) is 17.0. The Labute approximate surface area is 144 Å². The van der Waals surface area contributed by atoms with Crippen molar-refractivity contribution in [1.29, 1.82) is 0 Å². The van der Waals surface area contributed by atoms with Gasteiger partial charge >= 0.3 is 0 Å². The Hall–Kier alpha value is -3.18. The molecule has 2 aromatic heterocycles. The number of para-hydroxylation sites is 1. The molecule has 0 aliphatic rings. The van der Waals surface area contributed by atoms with E-state index >= 15 is 0 Å². The zero-order chi connectivity index (χ0) is 17.2. The van der Waals surface area contributed by atoms with E-state index in [-0.39, 0.29) is 11.6 Å². The van der Waals surface area contributed by atoms with Crippen molar-refractivity contribution in [3.63, 3.8) is 0 Å². The lowest BCUT2D eigenvalue weighted by atomic mass is 10.1. The number of hydrogen-bond donors (Lipinski definition) is 1. The molecule has 0 spiro atoms. The minimum atomic E-state index is -0.398. The lowest BCUT2D eigenvalue weighted by molar-refractivity contribution is 0.0960. The molecule has 2 N–H and O–H groups in total. The van der Waals surface area contributed by atoms with Gasteiger partial charge in [-0.15, -0.1) is 0 Å². The highest BCUT2D eigenvalue weighted by Crippen LogP contribution is 2.19. The Morgan fingerprint density at radius 2 is 1.84 bits per heavy atom. The maximum Gasteiger partial charge on any atom is 0.284 e. The van der Waals surface area contributed by atoms with Gasteiger partial charge in [-0.1, -0.05) is 48.5 Å². The van der Waals surface area contributed by atoms with Crippen molar-refractivity contribution in [3.05, 3.63) is 90.3 Å². The van der Waals surface area contributed by atoms with Gasteiger partial charge in [0.2, 0.25) is 5.89 Å². The van der Waals surface area contributed by atoms with Crippen molar-refractivity contribution >= 4 is 16.8 Å². The molecule has 0 aliphatic carbocycles. The van der Waals surface area contributed by atoms with E-state index in [9.17, 15) is 4.79 Å². The maximum absolute atomic E-state index is 12.7. The Morgan fingerprint density at radius 1 is 1.08 bits per heavy atom. The summed E-state index contributed by atoms with van der Waals surface area (Å²) in [6.07, 6.45) is 3.71. The molecule has 0 bridgehead atoms. The second kappa shape index (κ2) is 6.37. The number of oxazole rings is 1. The molecule has 0 saturated carbocycles. The molecule has 124 valence electrons. The number of nitrogens with zero attached hydrogens (tertiary/aromatic N) is 2.